The van der Waals surface area contributed by atoms with E-state index in [2.05, 4.69) is 15.3 Å². The van der Waals surface area contributed by atoms with Crippen molar-refractivity contribution >= 4 is 16.8 Å². The van der Waals surface area contributed by atoms with Gasteiger partial charge in [0.25, 0.3) is 0 Å². The highest BCUT2D eigenvalue weighted by Gasteiger charge is 2.28. The van der Waals surface area contributed by atoms with E-state index in [-0.39, 0.29) is 0 Å². The smallest absolute Gasteiger partial charge is 0.213 e. The monoisotopic (exact) mass is 295 g/mol. The van der Waals surface area contributed by atoms with Gasteiger partial charge in [-0.15, -0.1) is 0 Å². The van der Waals surface area contributed by atoms with Gasteiger partial charge in [-0.2, -0.15) is 0 Å². The van der Waals surface area contributed by atoms with Crippen LogP contribution in [0.15, 0.2) is 40.8 Å². The van der Waals surface area contributed by atoms with E-state index in [1.807, 2.05) is 36.4 Å². The lowest BCUT2D eigenvalue weighted by atomic mass is 10.2. The summed E-state index contributed by atoms with van der Waals surface area (Å²) in [6.45, 7) is 0.631. The SMILES string of the molecule is COc1cccc(CNc2ccc3nc(C4CC4)oc3c2)n1. The molecule has 2 aromatic heterocycles. The van der Waals surface area contributed by atoms with Gasteiger partial charge in [-0.1, -0.05) is 6.07 Å². The summed E-state index contributed by atoms with van der Waals surface area (Å²) in [6.07, 6.45) is 2.39. The minimum absolute atomic E-state index is 0.532. The molecule has 1 saturated carbocycles. The number of nitrogens with zero attached hydrogens (tertiary/aromatic N) is 2. The molecule has 5 nitrogen and oxygen atoms in total. The Bertz CT molecular complexity index is 809. The predicted octanol–water partition coefficient (Wildman–Crippen LogP) is 3.72. The fraction of sp³-hybridized carbons (Fsp3) is 0.294. The summed E-state index contributed by atoms with van der Waals surface area (Å²) in [5.41, 5.74) is 3.68. The van der Waals surface area contributed by atoms with Crippen molar-refractivity contribution in [2.24, 2.45) is 0 Å². The second-order valence-corrected chi connectivity index (χ2v) is 5.53. The molecule has 3 aromatic rings. The summed E-state index contributed by atoms with van der Waals surface area (Å²) in [4.78, 5) is 8.92. The molecule has 2 heterocycles. The zero-order valence-electron chi connectivity index (χ0n) is 12.4. The van der Waals surface area contributed by atoms with Crippen LogP contribution in [0, 0.1) is 0 Å². The van der Waals surface area contributed by atoms with Crippen molar-refractivity contribution in [3.63, 3.8) is 0 Å². The third-order valence-electron chi connectivity index (χ3n) is 3.80. The molecule has 0 amide bonds. The Hall–Kier alpha value is -2.56. The molecule has 0 spiro atoms. The van der Waals surface area contributed by atoms with E-state index in [1.165, 1.54) is 12.8 Å². The first-order chi connectivity index (χ1) is 10.8. The zero-order chi connectivity index (χ0) is 14.9. The van der Waals surface area contributed by atoms with Gasteiger partial charge in [0.05, 0.1) is 19.3 Å². The van der Waals surface area contributed by atoms with Crippen LogP contribution in [0.25, 0.3) is 11.1 Å². The Labute approximate surface area is 128 Å². The van der Waals surface area contributed by atoms with Gasteiger partial charge in [-0.25, -0.2) is 9.97 Å². The first-order valence-electron chi connectivity index (χ1n) is 7.46. The molecule has 22 heavy (non-hydrogen) atoms. The lowest BCUT2D eigenvalue weighted by Gasteiger charge is -2.06. The van der Waals surface area contributed by atoms with Crippen LogP contribution in [0.2, 0.25) is 0 Å². The molecule has 1 aliphatic rings. The molecule has 0 unspecified atom stereocenters. The fourth-order valence-corrected chi connectivity index (χ4v) is 2.42. The maximum Gasteiger partial charge on any atom is 0.213 e. The van der Waals surface area contributed by atoms with Gasteiger partial charge >= 0.3 is 0 Å². The van der Waals surface area contributed by atoms with Crippen molar-refractivity contribution in [3.05, 3.63) is 48.0 Å². The summed E-state index contributed by atoms with van der Waals surface area (Å²) in [5.74, 6) is 2.03. The van der Waals surface area contributed by atoms with Crippen LogP contribution in [-0.4, -0.2) is 17.1 Å². The maximum absolute atomic E-state index is 5.83. The lowest BCUT2D eigenvalue weighted by Crippen LogP contribution is -2.02. The molecule has 0 aliphatic heterocycles. The number of anilines is 1. The summed E-state index contributed by atoms with van der Waals surface area (Å²) in [7, 11) is 1.62. The molecule has 0 bridgehead atoms. The number of rotatable bonds is 5. The van der Waals surface area contributed by atoms with Crippen LogP contribution in [0.3, 0.4) is 0 Å². The highest BCUT2D eigenvalue weighted by atomic mass is 16.5. The molecular formula is C17H17N3O2. The molecule has 0 radical (unpaired) electrons. The summed E-state index contributed by atoms with van der Waals surface area (Å²) >= 11 is 0. The van der Waals surface area contributed by atoms with Gasteiger partial charge < -0.3 is 14.5 Å². The Kier molecular flexibility index (Phi) is 3.18. The molecule has 1 N–H and O–H groups in total. The Morgan fingerprint density at radius 1 is 1.23 bits per heavy atom. The molecule has 0 saturated heterocycles. The topological polar surface area (TPSA) is 60.2 Å². The number of aromatic nitrogens is 2. The highest BCUT2D eigenvalue weighted by Crippen LogP contribution is 2.40. The summed E-state index contributed by atoms with van der Waals surface area (Å²) in [5, 5.41) is 3.35. The van der Waals surface area contributed by atoms with Crippen molar-refractivity contribution in [2.75, 3.05) is 12.4 Å². The van der Waals surface area contributed by atoms with E-state index >= 15 is 0 Å². The van der Waals surface area contributed by atoms with Crippen LogP contribution < -0.4 is 10.1 Å². The first kappa shape index (κ1) is 13.1. The van der Waals surface area contributed by atoms with Crippen LogP contribution in [0.4, 0.5) is 5.69 Å². The summed E-state index contributed by atoms with van der Waals surface area (Å²) < 4.78 is 11.0. The minimum Gasteiger partial charge on any atom is -0.481 e. The number of fused-ring (bicyclic) bond motifs is 1. The van der Waals surface area contributed by atoms with Crippen molar-refractivity contribution in [3.8, 4) is 5.88 Å². The number of benzene rings is 1. The number of oxazole rings is 1. The third-order valence-corrected chi connectivity index (χ3v) is 3.80. The zero-order valence-corrected chi connectivity index (χ0v) is 12.4. The number of nitrogens with one attached hydrogen (secondary N) is 1. The molecule has 112 valence electrons. The third kappa shape index (κ3) is 2.62. The average molecular weight is 295 g/mol. The molecule has 0 atom stereocenters. The Balaban J connectivity index is 1.50. The second kappa shape index (κ2) is 5.33. The van der Waals surface area contributed by atoms with Crippen molar-refractivity contribution in [1.82, 2.24) is 9.97 Å². The number of methoxy groups -OCH3 is 1. The van der Waals surface area contributed by atoms with Crippen molar-refractivity contribution in [2.45, 2.75) is 25.3 Å². The van der Waals surface area contributed by atoms with E-state index in [0.717, 1.165) is 28.4 Å². The van der Waals surface area contributed by atoms with E-state index in [0.29, 0.717) is 18.3 Å². The standard InChI is InChI=1S/C17H17N3O2/c1-21-16-4-2-3-13(19-16)10-18-12-7-8-14-15(9-12)22-17(20-14)11-5-6-11/h2-4,7-9,11,18H,5-6,10H2,1H3. The van der Waals surface area contributed by atoms with Crippen LogP contribution in [-0.2, 0) is 6.54 Å². The number of pyridine rings is 1. The van der Waals surface area contributed by atoms with E-state index in [1.54, 1.807) is 7.11 Å². The number of hydrogen-bond donors (Lipinski definition) is 1. The quantitative estimate of drug-likeness (QED) is 0.777. The van der Waals surface area contributed by atoms with Crippen LogP contribution in [0.5, 0.6) is 5.88 Å². The van der Waals surface area contributed by atoms with Crippen molar-refractivity contribution in [1.29, 1.82) is 0 Å². The first-order valence-corrected chi connectivity index (χ1v) is 7.46. The van der Waals surface area contributed by atoms with Gasteiger partial charge in [-0.3, -0.25) is 0 Å². The average Bonchev–Trinajstić information content (AvgIpc) is 3.32. The maximum atomic E-state index is 5.83. The van der Waals surface area contributed by atoms with Crippen molar-refractivity contribution < 1.29 is 9.15 Å². The normalized spacial score (nSPS) is 14.2. The lowest BCUT2D eigenvalue weighted by molar-refractivity contribution is 0.396. The van der Waals surface area contributed by atoms with E-state index in [9.17, 15) is 0 Å². The van der Waals surface area contributed by atoms with Gasteiger partial charge in [-0.05, 0) is 31.0 Å². The number of ether oxygens (including phenoxy) is 1. The van der Waals surface area contributed by atoms with E-state index in [4.69, 9.17) is 9.15 Å². The van der Waals surface area contributed by atoms with Crippen LogP contribution >= 0.6 is 0 Å². The molecule has 1 aromatic carbocycles. The molecule has 4 rings (SSSR count). The number of hydrogen-bond acceptors (Lipinski definition) is 5. The molecular weight excluding hydrogens is 278 g/mol. The Morgan fingerprint density at radius 2 is 2.14 bits per heavy atom. The van der Waals surface area contributed by atoms with Crippen LogP contribution in [0.1, 0.15) is 30.3 Å². The molecule has 1 aliphatic carbocycles. The molecule has 1 fully saturated rings. The summed E-state index contributed by atoms with van der Waals surface area (Å²) in [6, 6.07) is 11.7. The Morgan fingerprint density at radius 3 is 2.95 bits per heavy atom. The largest absolute Gasteiger partial charge is 0.481 e. The van der Waals surface area contributed by atoms with E-state index < -0.39 is 0 Å². The predicted molar refractivity (Wildman–Crippen MR) is 84.1 cm³/mol. The van der Waals surface area contributed by atoms with Gasteiger partial charge in [0, 0.05) is 23.7 Å². The fourth-order valence-electron chi connectivity index (χ4n) is 2.42. The second-order valence-electron chi connectivity index (χ2n) is 5.53. The molecule has 5 heteroatoms. The highest BCUT2D eigenvalue weighted by molar-refractivity contribution is 5.77. The minimum atomic E-state index is 0.532. The van der Waals surface area contributed by atoms with Gasteiger partial charge in [0.15, 0.2) is 11.5 Å². The van der Waals surface area contributed by atoms with Gasteiger partial charge in [0.2, 0.25) is 5.88 Å². The van der Waals surface area contributed by atoms with Gasteiger partial charge in [0.1, 0.15) is 5.52 Å².